The fraction of sp³-hybridized carbons (Fsp3) is 0.211. The molecule has 0 bridgehead atoms. The lowest BCUT2D eigenvalue weighted by Crippen LogP contribution is -2.08. The molecule has 0 aliphatic heterocycles. The van der Waals surface area contributed by atoms with Gasteiger partial charge in [-0.1, -0.05) is 40.8 Å². The van der Waals surface area contributed by atoms with Crippen molar-refractivity contribution in [2.45, 2.75) is 39.0 Å². The van der Waals surface area contributed by atoms with E-state index in [1.807, 2.05) is 44.2 Å². The van der Waals surface area contributed by atoms with E-state index in [9.17, 15) is 13.0 Å². The van der Waals surface area contributed by atoms with E-state index in [0.29, 0.717) is 65.4 Å². The van der Waals surface area contributed by atoms with Crippen LogP contribution in [0.3, 0.4) is 0 Å². The summed E-state index contributed by atoms with van der Waals surface area (Å²) in [5.41, 5.74) is 6.13. The first-order chi connectivity index (χ1) is 26.8. The topological polar surface area (TPSA) is 161 Å². The van der Waals surface area contributed by atoms with E-state index in [1.165, 1.54) is 36.7 Å². The highest BCUT2D eigenvalue weighted by atomic mass is 32.2. The summed E-state index contributed by atoms with van der Waals surface area (Å²) >= 11 is 0. The van der Waals surface area contributed by atoms with Gasteiger partial charge in [-0.15, -0.1) is 10.2 Å². The molecule has 1 N–H and O–H groups in total. The first kappa shape index (κ1) is 38.6. The Hall–Kier alpha value is -6.17. The maximum atomic E-state index is 13.4. The molecule has 1 unspecified atom stereocenters. The van der Waals surface area contributed by atoms with Crippen molar-refractivity contribution in [1.29, 1.82) is 0 Å². The maximum Gasteiger partial charge on any atom is 0.223 e. The van der Waals surface area contributed by atoms with Gasteiger partial charge in [-0.05, 0) is 80.1 Å². The van der Waals surface area contributed by atoms with E-state index >= 15 is 0 Å². The van der Waals surface area contributed by atoms with Crippen molar-refractivity contribution in [3.05, 3.63) is 121 Å². The largest absolute Gasteiger partial charge is 0.359 e. The van der Waals surface area contributed by atoms with Gasteiger partial charge in [0.25, 0.3) is 0 Å². The molecule has 0 aliphatic rings. The van der Waals surface area contributed by atoms with Crippen molar-refractivity contribution in [2.24, 2.45) is 0 Å². The Morgan fingerprint density at radius 3 is 1.69 bits per heavy atom. The molecule has 1 atom stereocenters. The Morgan fingerprint density at radius 2 is 1.18 bits per heavy atom. The summed E-state index contributed by atoms with van der Waals surface area (Å²) < 4.78 is 52.5. The van der Waals surface area contributed by atoms with Crippen LogP contribution in [0, 0.1) is 11.6 Å². The van der Waals surface area contributed by atoms with Crippen molar-refractivity contribution in [1.82, 2.24) is 49.9 Å². The number of aromatic nitrogens is 10. The summed E-state index contributed by atoms with van der Waals surface area (Å²) in [4.78, 5) is 17.3. The average molecular weight is 766 g/mol. The van der Waals surface area contributed by atoms with Crippen LogP contribution in [0.15, 0.2) is 109 Å². The summed E-state index contributed by atoms with van der Waals surface area (Å²) in [7, 11) is -1.32. The zero-order valence-corrected chi connectivity index (χ0v) is 31.0. The lowest BCUT2D eigenvalue weighted by atomic mass is 10.1. The third kappa shape index (κ3) is 9.88. The van der Waals surface area contributed by atoms with E-state index in [-0.39, 0.29) is 30.3 Å². The zero-order valence-electron chi connectivity index (χ0n) is 30.2. The number of halogens is 2. The smallest absolute Gasteiger partial charge is 0.223 e. The molecule has 282 valence electrons. The number of hydrogen-bond donors (Lipinski definition) is 1. The number of anilines is 1. The lowest BCUT2D eigenvalue weighted by molar-refractivity contribution is 0.0789. The predicted molar refractivity (Wildman–Crippen MR) is 202 cm³/mol. The molecule has 55 heavy (non-hydrogen) atoms. The summed E-state index contributed by atoms with van der Waals surface area (Å²) in [5.74, 6) is -0.153. The highest BCUT2D eigenvalue weighted by Gasteiger charge is 2.20. The fourth-order valence-electron chi connectivity index (χ4n) is 5.24. The molecule has 7 aromatic rings. The molecular formula is C38H37F2N11O3S. The minimum absolute atomic E-state index is 0.189. The molecule has 0 spiro atoms. The van der Waals surface area contributed by atoms with Gasteiger partial charge in [0.2, 0.25) is 11.1 Å². The second kappa shape index (κ2) is 18.7. The molecule has 0 radical (unpaired) electrons. The van der Waals surface area contributed by atoms with Gasteiger partial charge >= 0.3 is 0 Å². The van der Waals surface area contributed by atoms with E-state index in [0.717, 1.165) is 11.1 Å². The van der Waals surface area contributed by atoms with Crippen molar-refractivity contribution in [2.75, 3.05) is 24.8 Å². The Labute approximate surface area is 318 Å². The van der Waals surface area contributed by atoms with Gasteiger partial charge in [0.15, 0.2) is 0 Å². The molecule has 0 fully saturated rings. The second-order valence-corrected chi connectivity index (χ2v) is 12.9. The molecule has 17 heteroatoms. The Morgan fingerprint density at radius 1 is 0.673 bits per heavy atom. The van der Waals surface area contributed by atoms with Gasteiger partial charge in [-0.25, -0.2) is 38.1 Å². The Kier molecular flexibility index (Phi) is 13.1. The molecule has 0 aliphatic carbocycles. The number of ether oxygens (including phenoxy) is 2. The summed E-state index contributed by atoms with van der Waals surface area (Å²) in [6.07, 6.45) is 4.73. The number of hydrogen-bond acceptors (Lipinski definition) is 12. The van der Waals surface area contributed by atoms with Crippen LogP contribution in [0.5, 0.6) is 0 Å². The predicted octanol–water partition coefficient (Wildman–Crippen LogP) is 6.42. The molecule has 4 aromatic heterocycles. The number of nitrogens with one attached hydrogen (secondary N) is 1. The first-order valence-electron chi connectivity index (χ1n) is 17.2. The molecule has 14 nitrogen and oxygen atoms in total. The molecule has 3 aromatic carbocycles. The molecule has 0 saturated heterocycles. The van der Waals surface area contributed by atoms with Crippen LogP contribution in [0.1, 0.15) is 19.4 Å². The molecule has 0 saturated carbocycles. The van der Waals surface area contributed by atoms with Crippen LogP contribution in [-0.2, 0) is 40.3 Å². The molecular weight excluding hydrogens is 729 g/mol. The van der Waals surface area contributed by atoms with Gasteiger partial charge in [-0.3, -0.25) is 4.21 Å². The van der Waals surface area contributed by atoms with E-state index in [2.05, 4.69) is 45.9 Å². The van der Waals surface area contributed by atoms with Crippen LogP contribution >= 0.6 is 0 Å². The number of rotatable bonds is 14. The van der Waals surface area contributed by atoms with Crippen LogP contribution in [0.25, 0.3) is 45.3 Å². The van der Waals surface area contributed by atoms with Gasteiger partial charge in [0.1, 0.15) is 47.9 Å². The standard InChI is InChI=1S/C22H21FN6O.C16H16FN5O2S/c1-2-30-15-29-21(20(27-28-29)17-8-10-18(23)11-9-17)19-12-13-24-22(26-19)25-14-16-6-4-3-5-7-16;1-3-24-10-22-15(13-8-9-18-16(19-13)25(2)23)14(20-21-22)11-4-6-12(17)7-5-11/h3-13H,2,14-15H2,1H3,(H,24,25,26);4-9H,3,10H2,1-2H3. The van der Waals surface area contributed by atoms with Crippen LogP contribution < -0.4 is 5.32 Å². The summed E-state index contributed by atoms with van der Waals surface area (Å²) in [5, 5.41) is 20.3. The summed E-state index contributed by atoms with van der Waals surface area (Å²) in [6.45, 7) is 5.86. The molecule has 0 amide bonds. The van der Waals surface area contributed by atoms with Crippen LogP contribution in [0.4, 0.5) is 14.7 Å². The van der Waals surface area contributed by atoms with Gasteiger partial charge in [0, 0.05) is 49.5 Å². The highest BCUT2D eigenvalue weighted by molar-refractivity contribution is 7.84. The van der Waals surface area contributed by atoms with Crippen LogP contribution in [-0.4, -0.2) is 73.6 Å². The third-order valence-electron chi connectivity index (χ3n) is 7.87. The maximum absolute atomic E-state index is 13.4. The third-order valence-corrected chi connectivity index (χ3v) is 8.58. The van der Waals surface area contributed by atoms with E-state index in [4.69, 9.17) is 9.47 Å². The fourth-order valence-corrected chi connectivity index (χ4v) is 5.67. The Bertz CT molecular complexity index is 2320. The monoisotopic (exact) mass is 765 g/mol. The second-order valence-electron chi connectivity index (χ2n) is 11.6. The minimum atomic E-state index is -1.32. The summed E-state index contributed by atoms with van der Waals surface area (Å²) in [6, 6.07) is 25.6. The molecule has 7 rings (SSSR count). The van der Waals surface area contributed by atoms with Crippen molar-refractivity contribution in [3.8, 4) is 45.3 Å². The lowest BCUT2D eigenvalue weighted by Gasteiger charge is -2.10. The minimum Gasteiger partial charge on any atom is -0.359 e. The van der Waals surface area contributed by atoms with Crippen molar-refractivity contribution >= 4 is 16.7 Å². The van der Waals surface area contributed by atoms with Crippen LogP contribution in [0.2, 0.25) is 0 Å². The van der Waals surface area contributed by atoms with Gasteiger partial charge < -0.3 is 14.8 Å². The number of nitrogens with zero attached hydrogens (tertiary/aromatic N) is 10. The SMILES string of the molecule is CCOCn1nnc(-c2ccc(F)cc2)c1-c1ccnc(NCc2ccccc2)n1.CCOCn1nnc(-c2ccc(F)cc2)c1-c1ccnc(S(C)=O)n1. The zero-order chi connectivity index (χ0) is 38.6. The Balaban J connectivity index is 0.000000190. The number of benzene rings is 3. The van der Waals surface area contributed by atoms with Gasteiger partial charge in [0.05, 0.1) is 22.2 Å². The molecule has 4 heterocycles. The van der Waals surface area contributed by atoms with E-state index < -0.39 is 10.8 Å². The first-order valence-corrected chi connectivity index (χ1v) is 18.7. The van der Waals surface area contributed by atoms with Gasteiger partial charge in [-0.2, -0.15) is 0 Å². The normalized spacial score (nSPS) is 11.5. The average Bonchev–Trinajstić information content (AvgIpc) is 3.84. The van der Waals surface area contributed by atoms with Crippen molar-refractivity contribution in [3.63, 3.8) is 0 Å². The quantitative estimate of drug-likeness (QED) is 0.121. The highest BCUT2D eigenvalue weighted by Crippen LogP contribution is 2.31. The van der Waals surface area contributed by atoms with E-state index in [1.54, 1.807) is 52.0 Å². The van der Waals surface area contributed by atoms with Crippen molar-refractivity contribution < 1.29 is 22.5 Å².